The number of anilines is 1. The first kappa shape index (κ1) is 19.5. The van der Waals surface area contributed by atoms with E-state index < -0.39 is 28.5 Å². The number of rotatable bonds is 5. The molecule has 0 N–H and O–H groups in total. The molecular formula is C20H19FN2O5. The van der Waals surface area contributed by atoms with E-state index in [0.717, 1.165) is 0 Å². The number of nitrogens with zero attached hydrogens (tertiary/aromatic N) is 2. The fraction of sp³-hybridized carbons (Fsp3) is 0.300. The van der Waals surface area contributed by atoms with Crippen molar-refractivity contribution >= 4 is 23.1 Å². The fourth-order valence-electron chi connectivity index (χ4n) is 3.03. The summed E-state index contributed by atoms with van der Waals surface area (Å²) in [6, 6.07) is 7.89. The highest BCUT2D eigenvalue weighted by Gasteiger charge is 2.38. The number of amides is 1. The molecule has 0 spiro atoms. The summed E-state index contributed by atoms with van der Waals surface area (Å²) < 4.78 is 19.2. The number of carbonyl (C=O) groups is 2. The Bertz CT molecular complexity index is 973. The van der Waals surface area contributed by atoms with Gasteiger partial charge in [0.05, 0.1) is 17.2 Å². The first-order chi connectivity index (χ1) is 13.2. The lowest BCUT2D eigenvalue weighted by molar-refractivity contribution is -0.384. The molecule has 1 heterocycles. The molecule has 2 aromatic rings. The Hall–Kier alpha value is -3.29. The molecule has 28 heavy (non-hydrogen) atoms. The summed E-state index contributed by atoms with van der Waals surface area (Å²) in [5, 5.41) is 11.1. The molecule has 0 radical (unpaired) electrons. The molecule has 0 saturated carbocycles. The van der Waals surface area contributed by atoms with E-state index in [4.69, 9.17) is 4.74 Å². The molecule has 1 atom stereocenters. The summed E-state index contributed by atoms with van der Waals surface area (Å²) in [5.74, 6) is -1.15. The van der Waals surface area contributed by atoms with Crippen LogP contribution in [0.2, 0.25) is 0 Å². The third-order valence-corrected chi connectivity index (χ3v) is 4.59. The predicted molar refractivity (Wildman–Crippen MR) is 100 cm³/mol. The van der Waals surface area contributed by atoms with Gasteiger partial charge in [-0.1, -0.05) is 13.8 Å². The van der Waals surface area contributed by atoms with Crippen LogP contribution in [0.4, 0.5) is 15.8 Å². The number of benzene rings is 2. The molecule has 0 fully saturated rings. The van der Waals surface area contributed by atoms with Crippen LogP contribution in [0.5, 0.6) is 5.75 Å². The molecule has 0 aliphatic carbocycles. The standard InChI is InChI=1S/C20H19FN2O5/c1-11(2)19-20(25)22(10-17(24)13-4-6-15(21)12(3)8-13)16-9-14(23(26)27)5-7-18(16)28-19/h4-9,11,19H,10H2,1-3H3. The first-order valence-electron chi connectivity index (χ1n) is 8.75. The van der Waals surface area contributed by atoms with Gasteiger partial charge in [-0.25, -0.2) is 4.39 Å². The number of hydrogen-bond acceptors (Lipinski definition) is 5. The molecule has 2 aromatic carbocycles. The molecule has 0 saturated heterocycles. The van der Waals surface area contributed by atoms with Crippen molar-refractivity contribution in [3.05, 3.63) is 63.5 Å². The number of hydrogen-bond donors (Lipinski definition) is 0. The van der Waals surface area contributed by atoms with Gasteiger partial charge < -0.3 is 4.74 Å². The average Bonchev–Trinajstić information content (AvgIpc) is 2.65. The monoisotopic (exact) mass is 386 g/mol. The topological polar surface area (TPSA) is 89.8 Å². The van der Waals surface area contributed by atoms with E-state index in [0.29, 0.717) is 11.3 Å². The minimum absolute atomic E-state index is 0.165. The normalized spacial score (nSPS) is 16.0. The summed E-state index contributed by atoms with van der Waals surface area (Å²) in [6.07, 6.45) is -0.809. The molecule has 0 bridgehead atoms. The summed E-state index contributed by atoms with van der Waals surface area (Å²) in [4.78, 5) is 37.4. The highest BCUT2D eigenvalue weighted by Crippen LogP contribution is 2.38. The Labute approximate surface area is 160 Å². The van der Waals surface area contributed by atoms with Gasteiger partial charge in [-0.2, -0.15) is 0 Å². The van der Waals surface area contributed by atoms with E-state index in [2.05, 4.69) is 0 Å². The van der Waals surface area contributed by atoms with Crippen LogP contribution in [-0.4, -0.2) is 29.3 Å². The Morgan fingerprint density at radius 3 is 2.61 bits per heavy atom. The van der Waals surface area contributed by atoms with Crippen LogP contribution >= 0.6 is 0 Å². The van der Waals surface area contributed by atoms with Crippen molar-refractivity contribution in [3.8, 4) is 5.75 Å². The minimum atomic E-state index is -0.809. The van der Waals surface area contributed by atoms with Crippen LogP contribution in [0.3, 0.4) is 0 Å². The van der Waals surface area contributed by atoms with Crippen LogP contribution in [-0.2, 0) is 4.79 Å². The van der Waals surface area contributed by atoms with Gasteiger partial charge in [-0.15, -0.1) is 0 Å². The predicted octanol–water partition coefficient (Wildman–Crippen LogP) is 3.68. The molecule has 8 heteroatoms. The Morgan fingerprint density at radius 2 is 2.00 bits per heavy atom. The van der Waals surface area contributed by atoms with Crippen molar-refractivity contribution in [2.24, 2.45) is 5.92 Å². The zero-order valence-corrected chi connectivity index (χ0v) is 15.6. The van der Waals surface area contributed by atoms with Crippen molar-refractivity contribution < 1.29 is 23.6 Å². The molecule has 7 nitrogen and oxygen atoms in total. The maximum Gasteiger partial charge on any atom is 0.271 e. The second-order valence-electron chi connectivity index (χ2n) is 7.00. The van der Waals surface area contributed by atoms with Gasteiger partial charge in [-0.3, -0.25) is 24.6 Å². The number of halogens is 1. The second-order valence-corrected chi connectivity index (χ2v) is 7.00. The molecular weight excluding hydrogens is 367 g/mol. The third-order valence-electron chi connectivity index (χ3n) is 4.59. The van der Waals surface area contributed by atoms with Gasteiger partial charge in [0.1, 0.15) is 11.6 Å². The molecule has 1 aliphatic heterocycles. The van der Waals surface area contributed by atoms with Gasteiger partial charge >= 0.3 is 0 Å². The van der Waals surface area contributed by atoms with Gasteiger partial charge in [0.25, 0.3) is 11.6 Å². The lowest BCUT2D eigenvalue weighted by atomic mass is 10.0. The smallest absolute Gasteiger partial charge is 0.271 e. The van der Waals surface area contributed by atoms with Crippen LogP contribution in [0.25, 0.3) is 0 Å². The summed E-state index contributed by atoms with van der Waals surface area (Å²) >= 11 is 0. The third kappa shape index (κ3) is 3.58. The summed E-state index contributed by atoms with van der Waals surface area (Å²) in [6.45, 7) is 4.83. The maximum atomic E-state index is 13.5. The summed E-state index contributed by atoms with van der Waals surface area (Å²) in [5.41, 5.74) is 0.526. The lowest BCUT2D eigenvalue weighted by Crippen LogP contribution is -2.50. The number of ether oxygens (including phenoxy) is 1. The highest BCUT2D eigenvalue weighted by atomic mass is 19.1. The van der Waals surface area contributed by atoms with Crippen molar-refractivity contribution in [1.82, 2.24) is 0 Å². The number of Topliss-reactive ketones (excluding diaryl/α,β-unsaturated/α-hetero) is 1. The Kier molecular flexibility index (Phi) is 5.13. The largest absolute Gasteiger partial charge is 0.478 e. The highest BCUT2D eigenvalue weighted by molar-refractivity contribution is 6.08. The molecule has 1 unspecified atom stereocenters. The van der Waals surface area contributed by atoms with Gasteiger partial charge in [0.15, 0.2) is 11.9 Å². The minimum Gasteiger partial charge on any atom is -0.478 e. The van der Waals surface area contributed by atoms with Crippen molar-refractivity contribution in [2.75, 3.05) is 11.4 Å². The van der Waals surface area contributed by atoms with Crippen LogP contribution in [0.1, 0.15) is 29.8 Å². The number of aryl methyl sites for hydroxylation is 1. The number of ketones is 1. The van der Waals surface area contributed by atoms with Crippen LogP contribution in [0, 0.1) is 28.8 Å². The Morgan fingerprint density at radius 1 is 1.29 bits per heavy atom. The van der Waals surface area contributed by atoms with Crippen molar-refractivity contribution in [2.45, 2.75) is 26.9 Å². The molecule has 146 valence electrons. The fourth-order valence-corrected chi connectivity index (χ4v) is 3.03. The number of non-ortho nitro benzene ring substituents is 1. The molecule has 3 rings (SSSR count). The molecule has 1 aliphatic rings. The number of fused-ring (bicyclic) bond motifs is 1. The average molecular weight is 386 g/mol. The number of nitro benzene ring substituents is 1. The summed E-state index contributed by atoms with van der Waals surface area (Å²) in [7, 11) is 0. The van der Waals surface area contributed by atoms with Gasteiger partial charge in [0.2, 0.25) is 0 Å². The lowest BCUT2D eigenvalue weighted by Gasteiger charge is -2.35. The first-order valence-corrected chi connectivity index (χ1v) is 8.75. The zero-order chi connectivity index (χ0) is 20.6. The maximum absolute atomic E-state index is 13.5. The van der Waals surface area contributed by atoms with E-state index in [9.17, 15) is 24.1 Å². The SMILES string of the molecule is Cc1cc(C(=O)CN2C(=O)C(C(C)C)Oc3ccc([N+](=O)[O-])cc32)ccc1F. The number of nitro groups is 1. The van der Waals surface area contributed by atoms with Gasteiger partial charge in [-0.05, 0) is 42.7 Å². The number of carbonyl (C=O) groups excluding carboxylic acids is 2. The van der Waals surface area contributed by atoms with E-state index in [-0.39, 0.29) is 29.4 Å². The van der Waals surface area contributed by atoms with Crippen LogP contribution < -0.4 is 9.64 Å². The molecule has 0 aromatic heterocycles. The van der Waals surface area contributed by atoms with Crippen molar-refractivity contribution in [3.63, 3.8) is 0 Å². The molecule has 1 amide bonds. The Balaban J connectivity index is 2.00. The van der Waals surface area contributed by atoms with E-state index in [1.807, 2.05) is 13.8 Å². The van der Waals surface area contributed by atoms with Crippen molar-refractivity contribution in [1.29, 1.82) is 0 Å². The van der Waals surface area contributed by atoms with E-state index >= 15 is 0 Å². The van der Waals surface area contributed by atoms with Gasteiger partial charge in [0, 0.05) is 17.7 Å². The second kappa shape index (κ2) is 7.38. The quantitative estimate of drug-likeness (QED) is 0.444. The van der Waals surface area contributed by atoms with E-state index in [1.54, 1.807) is 6.92 Å². The van der Waals surface area contributed by atoms with Crippen LogP contribution in [0.15, 0.2) is 36.4 Å². The zero-order valence-electron chi connectivity index (χ0n) is 15.6. The van der Waals surface area contributed by atoms with E-state index in [1.165, 1.54) is 41.3 Å².